The Morgan fingerprint density at radius 1 is 0.971 bits per heavy atom. The van der Waals surface area contributed by atoms with Gasteiger partial charge in [-0.2, -0.15) is 0 Å². The van der Waals surface area contributed by atoms with Crippen molar-refractivity contribution in [2.45, 2.75) is 9.24 Å². The number of hydrogen-bond donors (Lipinski definition) is 2. The molecule has 0 saturated heterocycles. The smallest absolute Gasteiger partial charge is 0.261 e. The number of halogens is 1. The summed E-state index contributed by atoms with van der Waals surface area (Å²) in [6.45, 7) is 0. The largest absolute Gasteiger partial charge is 0.298 e. The molecule has 0 radical (unpaired) electrons. The van der Waals surface area contributed by atoms with Crippen LogP contribution in [-0.2, 0) is 10.0 Å². The zero-order valence-corrected chi connectivity index (χ0v) is 21.4. The van der Waals surface area contributed by atoms with Crippen LogP contribution in [0, 0.1) is 0 Å². The lowest BCUT2D eigenvalue weighted by molar-refractivity contribution is 0.102. The van der Waals surface area contributed by atoms with Crippen LogP contribution in [0.1, 0.15) is 10.4 Å². The van der Waals surface area contributed by atoms with E-state index in [-0.39, 0.29) is 10.6 Å². The van der Waals surface area contributed by atoms with Crippen molar-refractivity contribution < 1.29 is 13.2 Å². The van der Waals surface area contributed by atoms with Crippen molar-refractivity contribution in [1.82, 2.24) is 9.97 Å². The van der Waals surface area contributed by atoms with E-state index in [1.165, 1.54) is 41.7 Å². The van der Waals surface area contributed by atoms with Crippen LogP contribution < -0.4 is 10.0 Å². The lowest BCUT2D eigenvalue weighted by Crippen LogP contribution is -2.15. The first-order valence-corrected chi connectivity index (χ1v) is 14.5. The number of anilines is 2. The van der Waals surface area contributed by atoms with Gasteiger partial charge in [0.2, 0.25) is 0 Å². The topological polar surface area (TPSA) is 101 Å². The monoisotopic (exact) mass is 546 g/mol. The van der Waals surface area contributed by atoms with Gasteiger partial charge in [0.05, 0.1) is 25.3 Å². The maximum atomic E-state index is 12.9. The molecule has 0 fully saturated rings. The summed E-state index contributed by atoms with van der Waals surface area (Å²) in [7, 11) is -3.83. The van der Waals surface area contributed by atoms with Crippen molar-refractivity contribution in [2.24, 2.45) is 0 Å². The molecule has 0 aliphatic rings. The number of amides is 1. The Balaban J connectivity index is 1.37. The third kappa shape index (κ3) is 4.62. The fourth-order valence-corrected chi connectivity index (χ4v) is 7.04. The number of carbonyl (C=O) groups excluding carboxylic acids is 1. The molecule has 2 N–H and O–H groups in total. The highest BCUT2D eigenvalue weighted by Gasteiger charge is 2.17. The molecule has 0 aliphatic heterocycles. The van der Waals surface area contributed by atoms with Gasteiger partial charge in [0.15, 0.2) is 9.47 Å². The van der Waals surface area contributed by atoms with Crippen LogP contribution in [0.3, 0.4) is 0 Å². The minimum atomic E-state index is -3.83. The van der Waals surface area contributed by atoms with Crippen molar-refractivity contribution in [3.8, 4) is 0 Å². The third-order valence-electron chi connectivity index (χ3n) is 4.79. The summed E-state index contributed by atoms with van der Waals surface area (Å²) in [5.74, 6) is -0.392. The van der Waals surface area contributed by atoms with E-state index in [4.69, 9.17) is 11.6 Å². The number of hydrogen-bond acceptors (Lipinski definition) is 8. The van der Waals surface area contributed by atoms with Crippen LogP contribution in [0.5, 0.6) is 0 Å². The molecule has 2 heterocycles. The molecule has 0 bridgehead atoms. The summed E-state index contributed by atoms with van der Waals surface area (Å²) >= 11 is 10.4. The van der Waals surface area contributed by atoms with Crippen LogP contribution in [0.2, 0.25) is 5.02 Å². The van der Waals surface area contributed by atoms with E-state index in [2.05, 4.69) is 20.0 Å². The number of carbonyl (C=O) groups is 1. The van der Waals surface area contributed by atoms with Crippen molar-refractivity contribution in [1.29, 1.82) is 0 Å². The number of benzene rings is 3. The van der Waals surface area contributed by atoms with Gasteiger partial charge in [-0.1, -0.05) is 40.8 Å². The summed E-state index contributed by atoms with van der Waals surface area (Å²) in [5, 5.41) is 3.71. The highest BCUT2D eigenvalue weighted by atomic mass is 35.5. The molecular weight excluding hydrogens is 532 g/mol. The normalized spacial score (nSPS) is 11.7. The van der Waals surface area contributed by atoms with Crippen LogP contribution >= 0.6 is 46.0 Å². The number of aromatic nitrogens is 2. The van der Waals surface area contributed by atoms with Gasteiger partial charge in [-0.15, -0.1) is 11.3 Å². The van der Waals surface area contributed by atoms with Crippen molar-refractivity contribution in [3.05, 3.63) is 71.2 Å². The standard InChI is InChI=1S/C22H15ClN4O3S4/c1-31-22-25-17-10-9-16-18(19(17)33-22)32-21(24-16)26-20(28)12-3-2-4-14(11-12)27-34(29,30)15-7-5-13(23)6-8-15/h2-11,27H,1H3,(H,24,26,28). The van der Waals surface area contributed by atoms with Gasteiger partial charge in [-0.3, -0.25) is 14.8 Å². The first kappa shape index (κ1) is 23.1. The lowest BCUT2D eigenvalue weighted by Gasteiger charge is -2.09. The Labute approximate surface area is 212 Å². The maximum Gasteiger partial charge on any atom is 0.261 e. The van der Waals surface area contributed by atoms with E-state index < -0.39 is 15.9 Å². The quantitative estimate of drug-likeness (QED) is 0.241. The molecule has 5 rings (SSSR count). The van der Waals surface area contributed by atoms with E-state index in [0.717, 1.165) is 24.8 Å². The average Bonchev–Trinajstić information content (AvgIpc) is 3.42. The Kier molecular flexibility index (Phi) is 6.21. The fourth-order valence-electron chi connectivity index (χ4n) is 3.21. The molecule has 34 heavy (non-hydrogen) atoms. The molecule has 0 aliphatic carbocycles. The first-order valence-electron chi connectivity index (χ1n) is 9.76. The second kappa shape index (κ2) is 9.16. The summed E-state index contributed by atoms with van der Waals surface area (Å²) in [6, 6.07) is 15.9. The summed E-state index contributed by atoms with van der Waals surface area (Å²) in [6.07, 6.45) is 1.98. The van der Waals surface area contributed by atoms with Crippen LogP contribution in [0.25, 0.3) is 20.4 Å². The van der Waals surface area contributed by atoms with Crippen molar-refractivity contribution >= 4 is 93.2 Å². The van der Waals surface area contributed by atoms with E-state index in [1.54, 1.807) is 41.3 Å². The summed E-state index contributed by atoms with van der Waals surface area (Å²) in [5.41, 5.74) is 2.25. The molecule has 3 aromatic carbocycles. The number of sulfonamides is 1. The zero-order chi connectivity index (χ0) is 23.9. The number of fused-ring (bicyclic) bond motifs is 3. The SMILES string of the molecule is CSc1nc2ccc3nc(NC(=O)c4cccc(NS(=O)(=O)c5ccc(Cl)cc5)c4)sc3c2s1. The molecule has 0 saturated carbocycles. The number of nitrogens with zero attached hydrogens (tertiary/aromatic N) is 2. The van der Waals surface area contributed by atoms with Gasteiger partial charge in [0.1, 0.15) is 0 Å². The Hall–Kier alpha value is -2.70. The molecule has 172 valence electrons. The molecule has 0 atom stereocenters. The van der Waals surface area contributed by atoms with E-state index in [1.807, 2.05) is 18.4 Å². The zero-order valence-electron chi connectivity index (χ0n) is 17.4. The minimum absolute atomic E-state index is 0.0697. The predicted molar refractivity (Wildman–Crippen MR) is 141 cm³/mol. The van der Waals surface area contributed by atoms with E-state index >= 15 is 0 Å². The number of rotatable bonds is 6. The first-order chi connectivity index (χ1) is 16.3. The van der Waals surface area contributed by atoms with Crippen molar-refractivity contribution in [3.63, 3.8) is 0 Å². The van der Waals surface area contributed by atoms with Gasteiger partial charge in [0, 0.05) is 16.3 Å². The predicted octanol–water partition coefficient (Wildman–Crippen LogP) is 6.33. The van der Waals surface area contributed by atoms with Gasteiger partial charge in [-0.25, -0.2) is 18.4 Å². The fraction of sp³-hybridized carbons (Fsp3) is 0.0455. The third-order valence-corrected chi connectivity index (χ3v) is 9.64. The number of thioether (sulfide) groups is 1. The maximum absolute atomic E-state index is 12.9. The minimum Gasteiger partial charge on any atom is -0.298 e. The van der Waals surface area contributed by atoms with E-state index in [0.29, 0.717) is 15.7 Å². The van der Waals surface area contributed by atoms with Crippen LogP contribution in [-0.4, -0.2) is 30.5 Å². The molecule has 1 amide bonds. The number of nitrogens with one attached hydrogen (secondary N) is 2. The Bertz CT molecular complexity index is 1650. The van der Waals surface area contributed by atoms with Gasteiger partial charge in [0.25, 0.3) is 15.9 Å². The molecule has 0 unspecified atom stereocenters. The molecule has 0 spiro atoms. The molecular formula is C22H15ClN4O3S4. The molecule has 12 heteroatoms. The van der Waals surface area contributed by atoms with Crippen molar-refractivity contribution in [2.75, 3.05) is 16.3 Å². The molecule has 7 nitrogen and oxygen atoms in total. The highest BCUT2D eigenvalue weighted by Crippen LogP contribution is 2.38. The highest BCUT2D eigenvalue weighted by molar-refractivity contribution is 8.00. The average molecular weight is 547 g/mol. The van der Waals surface area contributed by atoms with Gasteiger partial charge < -0.3 is 0 Å². The summed E-state index contributed by atoms with van der Waals surface area (Å²) < 4.78 is 30.8. The van der Waals surface area contributed by atoms with Crippen LogP contribution in [0.4, 0.5) is 10.8 Å². The summed E-state index contributed by atoms with van der Waals surface area (Å²) in [4.78, 5) is 22.1. The van der Waals surface area contributed by atoms with Gasteiger partial charge >= 0.3 is 0 Å². The van der Waals surface area contributed by atoms with Crippen LogP contribution in [0.15, 0.2) is 69.9 Å². The lowest BCUT2D eigenvalue weighted by atomic mass is 10.2. The molecule has 2 aromatic heterocycles. The Morgan fingerprint density at radius 3 is 2.41 bits per heavy atom. The Morgan fingerprint density at radius 2 is 1.68 bits per heavy atom. The second-order valence-electron chi connectivity index (χ2n) is 7.06. The second-order valence-corrected chi connectivity index (χ2v) is 12.2. The van der Waals surface area contributed by atoms with Gasteiger partial charge in [-0.05, 0) is 60.9 Å². The van der Waals surface area contributed by atoms with E-state index in [9.17, 15) is 13.2 Å². The number of thiazole rings is 2. The molecule has 5 aromatic rings.